The molecule has 0 unspecified atom stereocenters. The van der Waals surface area contributed by atoms with Gasteiger partial charge < -0.3 is 4.90 Å². The molecule has 0 bridgehead atoms. The highest BCUT2D eigenvalue weighted by Crippen LogP contribution is 2.33. The van der Waals surface area contributed by atoms with Crippen molar-refractivity contribution in [3.63, 3.8) is 0 Å². The Hall–Kier alpha value is -0.480. The monoisotopic (exact) mass is 491 g/mol. The number of amides is 1. The molecule has 2 aliphatic heterocycles. The van der Waals surface area contributed by atoms with Crippen LogP contribution >= 0.6 is 27.3 Å². The van der Waals surface area contributed by atoms with Crippen LogP contribution in [0.5, 0.6) is 0 Å². The molecule has 3 heterocycles. The molecule has 1 amide bonds. The number of carbonyl (C=O) groups is 1. The number of sulfonamides is 1. The molecule has 0 spiro atoms. The summed E-state index contributed by atoms with van der Waals surface area (Å²) >= 11 is 4.58. The molecular formula is C19H30BrN3O3S2. The first-order valence-corrected chi connectivity index (χ1v) is 13.1. The Balaban J connectivity index is 1.52. The van der Waals surface area contributed by atoms with Crippen LogP contribution < -0.4 is 0 Å². The molecule has 2 saturated heterocycles. The Morgan fingerprint density at radius 3 is 2.36 bits per heavy atom. The number of hydrogen-bond donors (Lipinski definition) is 0. The Morgan fingerprint density at radius 2 is 1.82 bits per heavy atom. The third kappa shape index (κ3) is 4.98. The van der Waals surface area contributed by atoms with Gasteiger partial charge >= 0.3 is 0 Å². The van der Waals surface area contributed by atoms with Gasteiger partial charge in [-0.05, 0) is 59.8 Å². The van der Waals surface area contributed by atoms with Crippen LogP contribution in [-0.2, 0) is 14.8 Å². The predicted molar refractivity (Wildman–Crippen MR) is 116 cm³/mol. The maximum absolute atomic E-state index is 12.9. The van der Waals surface area contributed by atoms with Gasteiger partial charge in [0.2, 0.25) is 5.91 Å². The molecule has 1 atom stereocenters. The Labute approximate surface area is 181 Å². The highest BCUT2D eigenvalue weighted by Gasteiger charge is 2.35. The smallest absolute Gasteiger partial charge is 0.252 e. The second-order valence-electron chi connectivity index (χ2n) is 7.76. The minimum atomic E-state index is -3.42. The van der Waals surface area contributed by atoms with Crippen LogP contribution in [-0.4, -0.2) is 74.2 Å². The zero-order valence-corrected chi connectivity index (χ0v) is 19.9. The summed E-state index contributed by atoms with van der Waals surface area (Å²) in [6, 6.07) is 3.42. The average molecular weight is 493 g/mol. The van der Waals surface area contributed by atoms with Crippen LogP contribution in [0.1, 0.15) is 33.1 Å². The zero-order chi connectivity index (χ0) is 20.3. The van der Waals surface area contributed by atoms with Crippen LogP contribution in [0.15, 0.2) is 20.1 Å². The maximum atomic E-state index is 12.9. The van der Waals surface area contributed by atoms with Gasteiger partial charge in [0, 0.05) is 45.2 Å². The van der Waals surface area contributed by atoms with E-state index in [0.29, 0.717) is 17.3 Å². The van der Waals surface area contributed by atoms with E-state index in [1.807, 2.05) is 11.8 Å². The Kier molecular flexibility index (Phi) is 7.58. The van der Waals surface area contributed by atoms with Crippen LogP contribution in [0.25, 0.3) is 0 Å². The molecule has 9 heteroatoms. The molecule has 3 rings (SSSR count). The SMILES string of the molecule is CCCN1CCN(C(=O)[C@@H](C)C2CCN(S(=O)(=O)c3ccc(Br)s3)CC2)CC1. The van der Waals surface area contributed by atoms with Crippen molar-refractivity contribution in [1.29, 1.82) is 0 Å². The van der Waals surface area contributed by atoms with Crippen molar-refractivity contribution in [3.8, 4) is 0 Å². The fourth-order valence-corrected chi connectivity index (χ4v) is 7.81. The maximum Gasteiger partial charge on any atom is 0.252 e. The lowest BCUT2D eigenvalue weighted by molar-refractivity contribution is -0.139. The van der Waals surface area contributed by atoms with E-state index >= 15 is 0 Å². The second kappa shape index (κ2) is 9.55. The van der Waals surface area contributed by atoms with Gasteiger partial charge in [-0.3, -0.25) is 9.69 Å². The molecule has 6 nitrogen and oxygen atoms in total. The normalized spacial score (nSPS) is 21.8. The van der Waals surface area contributed by atoms with Crippen LogP contribution in [0.2, 0.25) is 0 Å². The third-order valence-corrected chi connectivity index (χ3v) is 9.95. The summed E-state index contributed by atoms with van der Waals surface area (Å²) in [6.45, 7) is 9.82. The first-order valence-electron chi connectivity index (χ1n) is 10.1. The van der Waals surface area contributed by atoms with Gasteiger partial charge in [-0.2, -0.15) is 4.31 Å². The summed E-state index contributed by atoms with van der Waals surface area (Å²) in [7, 11) is -3.42. The van der Waals surface area contributed by atoms with Crippen molar-refractivity contribution >= 4 is 43.2 Å². The number of hydrogen-bond acceptors (Lipinski definition) is 5. The lowest BCUT2D eigenvalue weighted by Crippen LogP contribution is -2.51. The largest absolute Gasteiger partial charge is 0.340 e. The first-order chi connectivity index (χ1) is 13.3. The molecule has 0 aromatic carbocycles. The number of carbonyl (C=O) groups excluding carboxylic acids is 1. The molecule has 0 saturated carbocycles. The summed E-state index contributed by atoms with van der Waals surface area (Å²) < 4.78 is 28.3. The molecule has 0 N–H and O–H groups in total. The van der Waals surface area contributed by atoms with E-state index in [1.165, 1.54) is 11.3 Å². The molecule has 28 heavy (non-hydrogen) atoms. The van der Waals surface area contributed by atoms with E-state index < -0.39 is 10.0 Å². The molecular weight excluding hydrogens is 462 g/mol. The summed E-state index contributed by atoms with van der Waals surface area (Å²) in [5.41, 5.74) is 0. The second-order valence-corrected chi connectivity index (χ2v) is 12.4. The number of piperidine rings is 1. The van der Waals surface area contributed by atoms with Crippen molar-refractivity contribution in [1.82, 2.24) is 14.1 Å². The van der Waals surface area contributed by atoms with E-state index in [-0.39, 0.29) is 17.7 Å². The predicted octanol–water partition coefficient (Wildman–Crippen LogP) is 3.10. The number of nitrogens with zero attached hydrogens (tertiary/aromatic N) is 3. The van der Waals surface area contributed by atoms with Gasteiger partial charge in [-0.1, -0.05) is 13.8 Å². The lowest BCUT2D eigenvalue weighted by atomic mass is 9.85. The molecule has 0 aliphatic carbocycles. The lowest BCUT2D eigenvalue weighted by Gasteiger charge is -2.38. The summed E-state index contributed by atoms with van der Waals surface area (Å²) in [5.74, 6) is 0.445. The van der Waals surface area contributed by atoms with Crippen molar-refractivity contribution in [2.45, 2.75) is 37.3 Å². The summed E-state index contributed by atoms with van der Waals surface area (Å²) in [4.78, 5) is 17.4. The quantitative estimate of drug-likeness (QED) is 0.613. The van der Waals surface area contributed by atoms with E-state index in [4.69, 9.17) is 0 Å². The number of rotatable bonds is 6. The highest BCUT2D eigenvalue weighted by molar-refractivity contribution is 9.11. The van der Waals surface area contributed by atoms with Gasteiger partial charge in [0.1, 0.15) is 4.21 Å². The topological polar surface area (TPSA) is 60.9 Å². The molecule has 1 aromatic heterocycles. The van der Waals surface area contributed by atoms with Crippen molar-refractivity contribution in [2.24, 2.45) is 11.8 Å². The van der Waals surface area contributed by atoms with E-state index in [2.05, 4.69) is 27.8 Å². The van der Waals surface area contributed by atoms with Crippen molar-refractivity contribution in [3.05, 3.63) is 15.9 Å². The van der Waals surface area contributed by atoms with Gasteiger partial charge in [-0.15, -0.1) is 11.3 Å². The molecule has 0 radical (unpaired) electrons. The molecule has 1 aromatic rings. The van der Waals surface area contributed by atoms with E-state index in [1.54, 1.807) is 16.4 Å². The van der Waals surface area contributed by atoms with E-state index in [9.17, 15) is 13.2 Å². The Morgan fingerprint density at radius 1 is 1.18 bits per heavy atom. The number of piperazine rings is 1. The molecule has 2 aliphatic rings. The third-order valence-electron chi connectivity index (χ3n) is 5.96. The van der Waals surface area contributed by atoms with E-state index in [0.717, 1.165) is 55.8 Å². The van der Waals surface area contributed by atoms with Crippen LogP contribution in [0.4, 0.5) is 0 Å². The van der Waals surface area contributed by atoms with Crippen molar-refractivity contribution < 1.29 is 13.2 Å². The summed E-state index contributed by atoms with van der Waals surface area (Å²) in [5, 5.41) is 0. The fourth-order valence-electron chi connectivity index (χ4n) is 4.18. The molecule has 158 valence electrons. The minimum absolute atomic E-state index is 0.0431. The van der Waals surface area contributed by atoms with Crippen molar-refractivity contribution in [2.75, 3.05) is 45.8 Å². The zero-order valence-electron chi connectivity index (χ0n) is 16.6. The fraction of sp³-hybridized carbons (Fsp3) is 0.737. The first kappa shape index (κ1) is 22.2. The standard InChI is InChI=1S/C19H30BrN3O3S2/c1-3-8-21-11-13-22(14-12-21)19(24)15(2)16-6-9-23(10-7-16)28(25,26)18-5-4-17(20)27-18/h4-5,15-16H,3,6-14H2,1-2H3/t15-/m0/s1. The number of thiophene rings is 1. The highest BCUT2D eigenvalue weighted by atomic mass is 79.9. The average Bonchev–Trinajstić information content (AvgIpc) is 3.15. The summed E-state index contributed by atoms with van der Waals surface area (Å²) in [6.07, 6.45) is 2.64. The Bertz CT molecular complexity index is 767. The van der Waals surface area contributed by atoms with Gasteiger partial charge in [0.05, 0.1) is 3.79 Å². The van der Waals surface area contributed by atoms with Gasteiger partial charge in [0.15, 0.2) is 0 Å². The van der Waals surface area contributed by atoms with Gasteiger partial charge in [-0.25, -0.2) is 8.42 Å². The number of halogens is 1. The van der Waals surface area contributed by atoms with Crippen LogP contribution in [0.3, 0.4) is 0 Å². The van der Waals surface area contributed by atoms with Gasteiger partial charge in [0.25, 0.3) is 10.0 Å². The minimum Gasteiger partial charge on any atom is -0.340 e. The van der Waals surface area contributed by atoms with Crippen LogP contribution in [0, 0.1) is 11.8 Å². The molecule has 2 fully saturated rings.